The maximum atomic E-state index is 10.6. The van der Waals surface area contributed by atoms with Crippen molar-refractivity contribution in [3.05, 3.63) is 82.2 Å². The predicted octanol–water partition coefficient (Wildman–Crippen LogP) is 2.55. The molecule has 0 amide bonds. The molecule has 1 heterocycles. The van der Waals surface area contributed by atoms with Crippen molar-refractivity contribution in [2.75, 3.05) is 6.61 Å². The maximum Gasteiger partial charge on any atom is 0.165 e. The van der Waals surface area contributed by atoms with Gasteiger partial charge in [0.2, 0.25) is 0 Å². The Bertz CT molecular complexity index is 770. The van der Waals surface area contributed by atoms with E-state index in [1.54, 1.807) is 0 Å². The summed E-state index contributed by atoms with van der Waals surface area (Å²) in [6.07, 6.45) is -5.38. The fourth-order valence-corrected chi connectivity index (χ4v) is 3.03. The van der Waals surface area contributed by atoms with E-state index in [4.69, 9.17) is 19.7 Å². The van der Waals surface area contributed by atoms with E-state index in [1.165, 1.54) is 0 Å². The zero-order chi connectivity index (χ0) is 19.8. The highest BCUT2D eigenvalue weighted by Gasteiger charge is 2.45. The van der Waals surface area contributed by atoms with E-state index >= 15 is 0 Å². The van der Waals surface area contributed by atoms with Crippen LogP contribution in [0.5, 0.6) is 0 Å². The van der Waals surface area contributed by atoms with Crippen LogP contribution in [0.2, 0.25) is 0 Å². The van der Waals surface area contributed by atoms with Gasteiger partial charge in [0.15, 0.2) is 6.23 Å². The molecule has 148 valence electrons. The van der Waals surface area contributed by atoms with Crippen LogP contribution in [-0.4, -0.2) is 47.5 Å². The lowest BCUT2D eigenvalue weighted by Crippen LogP contribution is -2.59. The molecule has 0 radical (unpaired) electrons. The summed E-state index contributed by atoms with van der Waals surface area (Å²) in [5.41, 5.74) is 10.6. The quantitative estimate of drug-likeness (QED) is 0.411. The van der Waals surface area contributed by atoms with Gasteiger partial charge >= 0.3 is 0 Å². The monoisotopic (exact) mass is 385 g/mol. The lowest BCUT2D eigenvalue weighted by molar-refractivity contribution is -0.245. The number of hydrogen-bond donors (Lipinski definition) is 2. The first-order valence-electron chi connectivity index (χ1n) is 9.02. The van der Waals surface area contributed by atoms with Crippen molar-refractivity contribution in [3.63, 3.8) is 0 Å². The van der Waals surface area contributed by atoms with Gasteiger partial charge < -0.3 is 24.4 Å². The number of aliphatic hydroxyl groups excluding tert-OH is 2. The zero-order valence-electron chi connectivity index (χ0n) is 15.2. The van der Waals surface area contributed by atoms with Crippen LogP contribution in [-0.2, 0) is 27.4 Å². The molecule has 0 spiro atoms. The first kappa shape index (κ1) is 20.3. The van der Waals surface area contributed by atoms with E-state index in [-0.39, 0.29) is 13.2 Å². The third kappa shape index (κ3) is 5.30. The largest absolute Gasteiger partial charge is 0.387 e. The average molecular weight is 385 g/mol. The molecule has 0 unspecified atom stereocenters. The molecule has 1 aliphatic heterocycles. The molecule has 1 fully saturated rings. The van der Waals surface area contributed by atoms with Gasteiger partial charge in [-0.05, 0) is 16.7 Å². The second-order valence-corrected chi connectivity index (χ2v) is 6.51. The smallest absolute Gasteiger partial charge is 0.165 e. The number of nitrogens with zero attached hydrogens (tertiary/aromatic N) is 3. The number of ether oxygens (including phenoxy) is 3. The van der Waals surface area contributed by atoms with Crippen molar-refractivity contribution in [1.29, 1.82) is 0 Å². The Kier molecular flexibility index (Phi) is 7.39. The summed E-state index contributed by atoms with van der Waals surface area (Å²) in [6, 6.07) is 19.0. The number of benzene rings is 2. The summed E-state index contributed by atoms with van der Waals surface area (Å²) in [5.74, 6) is 0. The second kappa shape index (κ2) is 10.2. The van der Waals surface area contributed by atoms with E-state index < -0.39 is 30.6 Å². The van der Waals surface area contributed by atoms with Gasteiger partial charge in [0.1, 0.15) is 24.4 Å². The molecular weight excluding hydrogens is 362 g/mol. The molecule has 0 aliphatic carbocycles. The number of rotatable bonds is 8. The Morgan fingerprint density at radius 2 is 1.54 bits per heavy atom. The standard InChI is InChI=1S/C20H23N3O5/c21-23-22-20-18(25)19(27-12-15-9-5-2-6-10-15)17(24)16(28-20)13-26-11-14-7-3-1-4-8-14/h1-10,16-20,24-25H,11-13H2/t16-,17-,18-,19+,20-/m1/s1. The molecule has 1 aliphatic rings. The molecule has 0 aromatic heterocycles. The highest BCUT2D eigenvalue weighted by Crippen LogP contribution is 2.26. The van der Waals surface area contributed by atoms with Crippen LogP contribution in [0.1, 0.15) is 11.1 Å². The summed E-state index contributed by atoms with van der Waals surface area (Å²) in [6.45, 7) is 0.601. The van der Waals surface area contributed by atoms with Crippen LogP contribution >= 0.6 is 0 Å². The number of aliphatic hydroxyl groups is 2. The molecule has 1 saturated heterocycles. The third-order valence-corrected chi connectivity index (χ3v) is 4.50. The van der Waals surface area contributed by atoms with Crippen LogP contribution in [0.4, 0.5) is 0 Å². The first-order chi connectivity index (χ1) is 13.7. The third-order valence-electron chi connectivity index (χ3n) is 4.50. The van der Waals surface area contributed by atoms with Crippen molar-refractivity contribution in [2.45, 2.75) is 43.9 Å². The van der Waals surface area contributed by atoms with Gasteiger partial charge in [0.05, 0.1) is 19.8 Å². The lowest BCUT2D eigenvalue weighted by atomic mass is 9.98. The van der Waals surface area contributed by atoms with Gasteiger partial charge in [0.25, 0.3) is 0 Å². The summed E-state index contributed by atoms with van der Waals surface area (Å²) in [4.78, 5) is 2.71. The molecule has 8 heteroatoms. The fourth-order valence-electron chi connectivity index (χ4n) is 3.03. The van der Waals surface area contributed by atoms with E-state index in [1.807, 2.05) is 60.7 Å². The zero-order valence-corrected chi connectivity index (χ0v) is 15.2. The molecule has 2 aromatic rings. The minimum atomic E-state index is -1.29. The van der Waals surface area contributed by atoms with Gasteiger partial charge in [-0.25, -0.2) is 0 Å². The SMILES string of the molecule is [N-]=[N+]=N[C@@H]1O[C@H](COCc2ccccc2)[C@@H](O)[C@H](OCc2ccccc2)[C@H]1O. The lowest BCUT2D eigenvalue weighted by Gasteiger charge is -2.41. The van der Waals surface area contributed by atoms with Crippen molar-refractivity contribution < 1.29 is 24.4 Å². The first-order valence-corrected chi connectivity index (χ1v) is 9.02. The summed E-state index contributed by atoms with van der Waals surface area (Å²) < 4.78 is 16.9. The summed E-state index contributed by atoms with van der Waals surface area (Å²) >= 11 is 0. The topological polar surface area (TPSA) is 117 Å². The predicted molar refractivity (Wildman–Crippen MR) is 101 cm³/mol. The van der Waals surface area contributed by atoms with Gasteiger partial charge in [-0.3, -0.25) is 0 Å². The molecular formula is C20H23N3O5. The molecule has 8 nitrogen and oxygen atoms in total. The highest BCUT2D eigenvalue weighted by atomic mass is 16.6. The maximum absolute atomic E-state index is 10.6. The van der Waals surface area contributed by atoms with Crippen molar-refractivity contribution in [2.24, 2.45) is 5.11 Å². The van der Waals surface area contributed by atoms with Crippen LogP contribution < -0.4 is 0 Å². The van der Waals surface area contributed by atoms with Gasteiger partial charge in [-0.2, -0.15) is 0 Å². The fraction of sp³-hybridized carbons (Fsp3) is 0.400. The van der Waals surface area contributed by atoms with Gasteiger partial charge in [-0.15, -0.1) is 0 Å². The molecule has 28 heavy (non-hydrogen) atoms. The highest BCUT2D eigenvalue weighted by molar-refractivity contribution is 5.14. The van der Waals surface area contributed by atoms with Crippen molar-refractivity contribution in [3.8, 4) is 0 Å². The molecule has 5 atom stereocenters. The Balaban J connectivity index is 1.63. The van der Waals surface area contributed by atoms with E-state index in [9.17, 15) is 10.2 Å². The molecule has 3 rings (SSSR count). The minimum absolute atomic E-state index is 0.0609. The van der Waals surface area contributed by atoms with Crippen LogP contribution in [0.25, 0.3) is 10.4 Å². The molecule has 0 bridgehead atoms. The second-order valence-electron chi connectivity index (χ2n) is 6.51. The molecule has 2 aromatic carbocycles. The Labute approximate surface area is 162 Å². The Morgan fingerprint density at radius 1 is 0.929 bits per heavy atom. The average Bonchev–Trinajstić information content (AvgIpc) is 2.73. The van der Waals surface area contributed by atoms with Crippen molar-refractivity contribution >= 4 is 0 Å². The molecule has 0 saturated carbocycles. The summed E-state index contributed by atoms with van der Waals surface area (Å²) in [5, 5.41) is 24.5. The van der Waals surface area contributed by atoms with Crippen LogP contribution in [0.3, 0.4) is 0 Å². The van der Waals surface area contributed by atoms with E-state index in [2.05, 4.69) is 10.0 Å². The van der Waals surface area contributed by atoms with Crippen LogP contribution in [0, 0.1) is 0 Å². The van der Waals surface area contributed by atoms with Gasteiger partial charge in [0, 0.05) is 4.91 Å². The van der Waals surface area contributed by atoms with E-state index in [0.29, 0.717) is 6.61 Å². The summed E-state index contributed by atoms with van der Waals surface area (Å²) in [7, 11) is 0. The van der Waals surface area contributed by atoms with Gasteiger partial charge in [-0.1, -0.05) is 65.8 Å². The van der Waals surface area contributed by atoms with Crippen LogP contribution in [0.15, 0.2) is 65.8 Å². The van der Waals surface area contributed by atoms with E-state index in [0.717, 1.165) is 11.1 Å². The normalized spacial score (nSPS) is 27.1. The van der Waals surface area contributed by atoms with Crippen molar-refractivity contribution in [1.82, 2.24) is 0 Å². The molecule has 2 N–H and O–H groups in total. The Morgan fingerprint density at radius 3 is 2.14 bits per heavy atom. The number of hydrogen-bond acceptors (Lipinski definition) is 6. The minimum Gasteiger partial charge on any atom is -0.387 e. The Hall–Kier alpha value is -2.45. The number of azide groups is 1.